The van der Waals surface area contributed by atoms with Crippen LogP contribution in [0.5, 0.6) is 11.5 Å². The van der Waals surface area contributed by atoms with Crippen LogP contribution in [0.4, 0.5) is 0 Å². The molecular weight excluding hydrogens is 1550 g/mol. The van der Waals surface area contributed by atoms with Crippen molar-refractivity contribution < 1.29 is 82.8 Å². The van der Waals surface area contributed by atoms with E-state index in [1.54, 1.807) is 105 Å². The third-order valence-corrected chi connectivity index (χ3v) is 21.4. The summed E-state index contributed by atoms with van der Waals surface area (Å²) in [5.74, 6) is -14.1. The molecule has 13 amide bonds. The second-order valence-corrected chi connectivity index (χ2v) is 30.9. The summed E-state index contributed by atoms with van der Waals surface area (Å²) in [4.78, 5) is 200. The number of carbonyl (C=O) groups is 13. The highest BCUT2D eigenvalue weighted by atomic mass is 32.2. The molecule has 3 heterocycles. The largest absolute Gasteiger partial charge is 0.508 e. The first-order valence-electron chi connectivity index (χ1n) is 39.3. The number of fused-ring (bicyclic) bond motifs is 2. The van der Waals surface area contributed by atoms with Crippen molar-refractivity contribution in [2.75, 3.05) is 45.4 Å². The summed E-state index contributed by atoms with van der Waals surface area (Å²) in [7, 11) is 2.59. The van der Waals surface area contributed by atoms with Crippen molar-refractivity contribution in [3.63, 3.8) is 0 Å². The van der Waals surface area contributed by atoms with E-state index in [4.69, 9.17) is 16.9 Å². The zero-order chi connectivity index (χ0) is 86.6. The Morgan fingerprint density at radius 1 is 0.487 bits per heavy atom. The van der Waals surface area contributed by atoms with Crippen molar-refractivity contribution in [1.29, 1.82) is 5.41 Å². The second-order valence-electron chi connectivity index (χ2n) is 29.9. The molecule has 1 fully saturated rings. The fraction of sp³-hybridized carbons (Fsp3) is 0.422. The molecule has 2 aromatic heterocycles. The number of likely N-dealkylation sites (N-methyl/N-ethyl adjacent to an activating group) is 2. The van der Waals surface area contributed by atoms with Gasteiger partial charge in [0.1, 0.15) is 84.0 Å². The molecule has 1 aliphatic rings. The first kappa shape index (κ1) is 91.9. The van der Waals surface area contributed by atoms with E-state index in [0.29, 0.717) is 62.5 Å². The second kappa shape index (κ2) is 44.7. The average Bonchev–Trinajstić information content (AvgIpc) is 1.74. The van der Waals surface area contributed by atoms with Gasteiger partial charge in [-0.3, -0.25) is 67.7 Å². The van der Waals surface area contributed by atoms with Crippen molar-refractivity contribution in [2.24, 2.45) is 17.4 Å². The van der Waals surface area contributed by atoms with Gasteiger partial charge in [0.15, 0.2) is 5.96 Å². The topological polar surface area (TPSA) is 549 Å². The minimum absolute atomic E-state index is 0.0167. The Balaban J connectivity index is 1.18. The Morgan fingerprint density at radius 2 is 0.874 bits per heavy atom. The van der Waals surface area contributed by atoms with E-state index in [9.17, 15) is 63.6 Å². The van der Waals surface area contributed by atoms with Gasteiger partial charge in [0, 0.05) is 92.7 Å². The lowest BCUT2D eigenvalue weighted by molar-refractivity contribution is -0.143. The Labute approximate surface area is 692 Å². The van der Waals surface area contributed by atoms with E-state index >= 15 is 19.2 Å². The van der Waals surface area contributed by atoms with Gasteiger partial charge in [-0.1, -0.05) is 125 Å². The maximum atomic E-state index is 15.3. The van der Waals surface area contributed by atoms with Gasteiger partial charge >= 0.3 is 0 Å². The van der Waals surface area contributed by atoms with Gasteiger partial charge in [0.2, 0.25) is 76.8 Å². The van der Waals surface area contributed by atoms with Gasteiger partial charge in [-0.25, -0.2) is 0 Å². The number of aliphatic hydroxyl groups is 2. The van der Waals surface area contributed by atoms with Crippen LogP contribution in [0, 0.1) is 11.3 Å². The molecule has 0 aliphatic carbocycles. The maximum Gasteiger partial charge on any atom is 0.245 e. The number of hydrogen-bond acceptors (Lipinski definition) is 19. The number of aromatic nitrogens is 2. The zero-order valence-electron chi connectivity index (χ0n) is 67.2. The molecule has 22 N–H and O–H groups in total. The van der Waals surface area contributed by atoms with Crippen LogP contribution in [0.25, 0.3) is 21.8 Å². The van der Waals surface area contributed by atoms with Crippen molar-refractivity contribution in [3.05, 3.63) is 168 Å². The highest BCUT2D eigenvalue weighted by Crippen LogP contribution is 2.24. The summed E-state index contributed by atoms with van der Waals surface area (Å²) in [5.41, 5.74) is 15.2. The molecule has 1 aliphatic heterocycles. The predicted octanol–water partition coefficient (Wildman–Crippen LogP) is -0.188. The molecule has 0 bridgehead atoms. The van der Waals surface area contributed by atoms with Gasteiger partial charge < -0.3 is 110 Å². The normalized spacial score (nSPS) is 22.9. The highest BCUT2D eigenvalue weighted by molar-refractivity contribution is 8.00. The number of nitrogens with one attached hydrogen (secondary N) is 14. The van der Waals surface area contributed by atoms with Crippen molar-refractivity contribution in [1.82, 2.24) is 78.3 Å². The predicted molar refractivity (Wildman–Crippen MR) is 445 cm³/mol. The van der Waals surface area contributed by atoms with Crippen LogP contribution >= 0.6 is 11.8 Å². The van der Waals surface area contributed by atoms with Gasteiger partial charge in [-0.05, 0) is 103 Å². The molecule has 0 unspecified atom stereocenters. The molecule has 36 heteroatoms. The molecule has 119 heavy (non-hydrogen) atoms. The maximum absolute atomic E-state index is 15.3. The molecule has 5 aromatic carbocycles. The number of unbranched alkanes of at least 4 members (excludes halogenated alkanes) is 1. The molecule has 7 aromatic rings. The summed E-state index contributed by atoms with van der Waals surface area (Å²) in [6, 6.07) is 15.2. The van der Waals surface area contributed by atoms with E-state index < -0.39 is 174 Å². The Bertz CT molecular complexity index is 4700. The van der Waals surface area contributed by atoms with Crippen molar-refractivity contribution in [3.8, 4) is 11.5 Å². The Morgan fingerprint density at radius 3 is 1.31 bits per heavy atom. The number of aromatic hydroxyl groups is 2. The number of aliphatic hydroxyl groups excluding tert-OH is 2. The molecule has 638 valence electrons. The summed E-state index contributed by atoms with van der Waals surface area (Å²) in [6.07, 6.45) is 2.69. The van der Waals surface area contributed by atoms with E-state index in [1.165, 1.54) is 69.6 Å². The number of aromatic amines is 2. The summed E-state index contributed by atoms with van der Waals surface area (Å²) in [5, 5.41) is 80.4. The minimum Gasteiger partial charge on any atom is -0.508 e. The molecule has 35 nitrogen and oxygen atoms in total. The van der Waals surface area contributed by atoms with Crippen LogP contribution in [0.3, 0.4) is 0 Å². The van der Waals surface area contributed by atoms with E-state index in [-0.39, 0.29) is 87.5 Å². The molecule has 12 atom stereocenters. The van der Waals surface area contributed by atoms with E-state index in [2.05, 4.69) is 68.5 Å². The number of guanidine groups is 1. The summed E-state index contributed by atoms with van der Waals surface area (Å²) < 4.78 is 0. The number of hydrogen-bond donors (Lipinski definition) is 20. The van der Waals surface area contributed by atoms with Crippen LogP contribution in [0.1, 0.15) is 94.0 Å². The third-order valence-electron chi connectivity index (χ3n) is 20.4. The molecule has 1 saturated heterocycles. The number of primary amides is 1. The van der Waals surface area contributed by atoms with E-state index in [1.807, 2.05) is 6.92 Å². The molecule has 0 radical (unpaired) electrons. The number of benzene rings is 5. The fourth-order valence-electron chi connectivity index (χ4n) is 13.6. The molecule has 0 saturated carbocycles. The standard InChI is InChI=1S/C83H108N18O17S/c1-7-8-21-59-82(118)101(6)69(34-46(2)3)80(116)99-68(71(84)107)44-119-45-70(106)90-61(35-48-17-10-9-11-18-48)73(109)94-63(37-50-27-31-54(105)32-28-50)75(111)96-65(39-52-41-89-58-23-15-13-20-56(52)58)77(113)97-67(43-103)79(115)98-66(42-102)78(114)92-60(24-16-33-87-83(85)86)81(117)100(5)47(4)72(108)93-64(38-51-40-88-57-22-14-12-19-55(51)57)76(112)95-62(74(110)91-59)36-49-25-29-53(104)30-26-49/h9-15,17-20,22-23,25-32,40-41,46-47,59-69,88-89,102-105H,7-8,16,21,24,33-39,42-45H2,1-6H3,(H2,84,107)(H,90,106)(H,91,110)(H,92,114)(H,93,108)(H,94,109)(H,95,112)(H,96,111)(H,97,113)(H,98,115)(H,99,116)(H4,85,86,87)/t47-,59-,60-,61-,62-,63-,64-,65-,66-,67-,68-,69-/m0/s1. The number of phenols is 2. The van der Waals surface area contributed by atoms with Gasteiger partial charge in [0.25, 0.3) is 0 Å². The highest BCUT2D eigenvalue weighted by Gasteiger charge is 2.40. The van der Waals surface area contributed by atoms with Gasteiger partial charge in [-0.2, -0.15) is 0 Å². The number of nitrogens with two attached hydrogens (primary N) is 2. The fourth-order valence-corrected chi connectivity index (χ4v) is 14.4. The SMILES string of the molecule is CCCC[C@@H]1NC(=O)[C@H](Cc2ccc(O)cc2)NC(=O)[C@H](Cc2c[nH]c3ccccc23)NC(=O)[C@H](C)N(C)C(=O)[C@H](CCCNC(=N)N)NC(=O)[C@H](CO)NC(=O)[C@H](CO)NC(=O)[C@H](Cc2c[nH]c3ccccc23)NC(=O)[C@H](Cc2ccc(O)cc2)NC(=O)[C@H](Cc2ccccc2)NC(=O)CSC[C@@H](C(N)=O)NC(=O)[C@H](CC(C)C)N(C)C1=O. The number of carbonyl (C=O) groups excluding carboxylic acids is 13. The van der Waals surface area contributed by atoms with Gasteiger partial charge in [-0.15, -0.1) is 11.8 Å². The number of rotatable bonds is 22. The zero-order valence-corrected chi connectivity index (χ0v) is 68.0. The Hall–Kier alpha value is -12.6. The number of phenolic OH excluding ortho intramolecular Hbond substituents is 2. The number of thioether (sulfide) groups is 1. The monoisotopic (exact) mass is 1660 g/mol. The summed E-state index contributed by atoms with van der Waals surface area (Å²) in [6.45, 7) is 4.47. The number of nitrogens with zero attached hydrogens (tertiary/aromatic N) is 2. The molecule has 8 rings (SSSR count). The van der Waals surface area contributed by atoms with Crippen LogP contribution in [-0.2, 0) is 94.4 Å². The average molecular weight is 1660 g/mol. The van der Waals surface area contributed by atoms with Crippen molar-refractivity contribution in [2.45, 2.75) is 171 Å². The van der Waals surface area contributed by atoms with Crippen LogP contribution < -0.4 is 70.0 Å². The third kappa shape index (κ3) is 27.0. The molecule has 0 spiro atoms. The number of amides is 13. The smallest absolute Gasteiger partial charge is 0.245 e. The van der Waals surface area contributed by atoms with Crippen LogP contribution in [-0.4, -0.2) is 241 Å². The number of para-hydroxylation sites is 2. The Kier molecular flexibility index (Phi) is 34.5. The van der Waals surface area contributed by atoms with Crippen LogP contribution in [0.2, 0.25) is 0 Å². The minimum atomic E-state index is -1.93. The summed E-state index contributed by atoms with van der Waals surface area (Å²) >= 11 is 0.859. The van der Waals surface area contributed by atoms with E-state index in [0.717, 1.165) is 21.6 Å². The van der Waals surface area contributed by atoms with Crippen LogP contribution in [0.15, 0.2) is 140 Å². The first-order valence-corrected chi connectivity index (χ1v) is 40.4. The number of H-pyrrole nitrogens is 2. The quantitative estimate of drug-likeness (QED) is 0.0238. The lowest BCUT2D eigenvalue weighted by Gasteiger charge is -2.33. The molecular formula is C83H108N18O17S. The lowest BCUT2D eigenvalue weighted by Crippen LogP contribution is -2.62. The van der Waals surface area contributed by atoms with Crippen molar-refractivity contribution >= 4 is 116 Å². The van der Waals surface area contributed by atoms with Gasteiger partial charge in [0.05, 0.1) is 19.0 Å². The lowest BCUT2D eigenvalue weighted by atomic mass is 9.99. The first-order chi connectivity index (χ1) is 56.8.